The lowest BCUT2D eigenvalue weighted by molar-refractivity contribution is 0.0430. The fraction of sp³-hybridized carbons (Fsp3) is 0.118. The van der Waals surface area contributed by atoms with Crippen LogP contribution in [0.15, 0.2) is 47.0 Å². The number of esters is 1. The molecule has 0 atom stereocenters. The van der Waals surface area contributed by atoms with E-state index in [0.717, 1.165) is 0 Å². The van der Waals surface area contributed by atoms with Gasteiger partial charge in [0.25, 0.3) is 5.89 Å². The maximum atomic E-state index is 12.1. The molecule has 8 heteroatoms. The van der Waals surface area contributed by atoms with Gasteiger partial charge in [0, 0.05) is 5.02 Å². The van der Waals surface area contributed by atoms with Gasteiger partial charge in [0.1, 0.15) is 5.75 Å². The van der Waals surface area contributed by atoms with E-state index in [2.05, 4.69) is 10.1 Å². The minimum Gasteiger partial charge on any atom is -0.496 e. The normalized spacial score (nSPS) is 10.5. The first-order valence-corrected chi connectivity index (χ1v) is 7.92. The summed E-state index contributed by atoms with van der Waals surface area (Å²) in [7, 11) is 1.55. The van der Waals surface area contributed by atoms with Crippen LogP contribution >= 0.6 is 23.2 Å². The number of methoxy groups -OCH3 is 1. The Balaban J connectivity index is 1.70. The number of halogens is 2. The van der Waals surface area contributed by atoms with Crippen LogP contribution in [0.1, 0.15) is 16.2 Å². The molecule has 0 aliphatic rings. The van der Waals surface area contributed by atoms with E-state index < -0.39 is 5.97 Å². The molecule has 3 rings (SSSR count). The molecular formula is C17H12Cl2N2O4. The van der Waals surface area contributed by atoms with Crippen molar-refractivity contribution >= 4 is 29.2 Å². The highest BCUT2D eigenvalue weighted by Crippen LogP contribution is 2.27. The molecule has 128 valence electrons. The molecule has 0 spiro atoms. The summed E-state index contributed by atoms with van der Waals surface area (Å²) in [5.41, 5.74) is 0.877. The molecule has 0 aliphatic carbocycles. The second-order valence-electron chi connectivity index (χ2n) is 4.91. The van der Waals surface area contributed by atoms with Gasteiger partial charge in [0.2, 0.25) is 5.82 Å². The van der Waals surface area contributed by atoms with Crippen molar-refractivity contribution in [3.8, 4) is 17.1 Å². The summed E-state index contributed by atoms with van der Waals surface area (Å²) in [6.07, 6.45) is 0. The molecule has 0 fully saturated rings. The molecule has 0 unspecified atom stereocenters. The summed E-state index contributed by atoms with van der Waals surface area (Å²) in [5.74, 6) is 0.492. The fourth-order valence-corrected chi connectivity index (χ4v) is 2.60. The van der Waals surface area contributed by atoms with Crippen LogP contribution in [-0.4, -0.2) is 23.2 Å². The van der Waals surface area contributed by atoms with Crippen molar-refractivity contribution in [2.45, 2.75) is 6.61 Å². The molecule has 0 N–H and O–H groups in total. The molecule has 0 amide bonds. The largest absolute Gasteiger partial charge is 0.496 e. The number of ether oxygens (including phenoxy) is 2. The van der Waals surface area contributed by atoms with E-state index in [9.17, 15) is 4.79 Å². The highest BCUT2D eigenvalue weighted by molar-refractivity contribution is 6.36. The van der Waals surface area contributed by atoms with E-state index in [1.165, 1.54) is 12.1 Å². The number of para-hydroxylation sites is 1. The first kappa shape index (κ1) is 17.3. The summed E-state index contributed by atoms with van der Waals surface area (Å²) in [5, 5.41) is 4.51. The Labute approximate surface area is 153 Å². The van der Waals surface area contributed by atoms with Gasteiger partial charge in [-0.15, -0.1) is 0 Å². The molecule has 0 saturated carbocycles. The molecule has 1 heterocycles. The average molecular weight is 379 g/mol. The van der Waals surface area contributed by atoms with Gasteiger partial charge in [-0.1, -0.05) is 40.5 Å². The Morgan fingerprint density at radius 3 is 2.76 bits per heavy atom. The number of hydrogen-bond donors (Lipinski definition) is 0. The van der Waals surface area contributed by atoms with Crippen LogP contribution in [0.25, 0.3) is 11.4 Å². The Morgan fingerprint density at radius 2 is 2.00 bits per heavy atom. The van der Waals surface area contributed by atoms with Gasteiger partial charge in [-0.3, -0.25) is 0 Å². The van der Waals surface area contributed by atoms with Gasteiger partial charge in [-0.2, -0.15) is 4.98 Å². The number of nitrogens with zero attached hydrogens (tertiary/aromatic N) is 2. The lowest BCUT2D eigenvalue weighted by Crippen LogP contribution is -2.06. The molecule has 0 bridgehead atoms. The highest BCUT2D eigenvalue weighted by atomic mass is 35.5. The summed E-state index contributed by atoms with van der Waals surface area (Å²) < 4.78 is 15.5. The molecule has 25 heavy (non-hydrogen) atoms. The Kier molecular flexibility index (Phi) is 5.21. The Bertz CT molecular complexity index is 911. The number of carbonyl (C=O) groups is 1. The summed E-state index contributed by atoms with van der Waals surface area (Å²) in [6.45, 7) is -0.181. The van der Waals surface area contributed by atoms with Crippen LogP contribution in [0.2, 0.25) is 10.0 Å². The smallest absolute Gasteiger partial charge is 0.340 e. The quantitative estimate of drug-likeness (QED) is 0.612. The number of carbonyl (C=O) groups excluding carboxylic acids is 1. The maximum absolute atomic E-state index is 12.1. The molecule has 2 aromatic carbocycles. The summed E-state index contributed by atoms with van der Waals surface area (Å²) >= 11 is 11.8. The van der Waals surface area contributed by atoms with Crippen LogP contribution in [0.3, 0.4) is 0 Å². The van der Waals surface area contributed by atoms with Crippen LogP contribution in [-0.2, 0) is 11.3 Å². The van der Waals surface area contributed by atoms with Gasteiger partial charge in [0.15, 0.2) is 6.61 Å². The van der Waals surface area contributed by atoms with E-state index in [0.29, 0.717) is 22.2 Å². The molecular weight excluding hydrogens is 367 g/mol. The van der Waals surface area contributed by atoms with Gasteiger partial charge < -0.3 is 14.0 Å². The molecule has 3 aromatic rings. The van der Waals surface area contributed by atoms with Crippen molar-refractivity contribution in [2.75, 3.05) is 7.11 Å². The Hall–Kier alpha value is -2.57. The summed E-state index contributed by atoms with van der Waals surface area (Å²) in [6, 6.07) is 11.8. The van der Waals surface area contributed by atoms with Crippen molar-refractivity contribution in [3.63, 3.8) is 0 Å². The minimum atomic E-state index is -0.612. The predicted octanol–water partition coefficient (Wildman–Crippen LogP) is 4.41. The topological polar surface area (TPSA) is 74.5 Å². The van der Waals surface area contributed by atoms with Crippen LogP contribution in [0.5, 0.6) is 5.75 Å². The van der Waals surface area contributed by atoms with Crippen LogP contribution in [0, 0.1) is 0 Å². The third kappa shape index (κ3) is 3.92. The van der Waals surface area contributed by atoms with E-state index in [-0.39, 0.29) is 23.1 Å². The second-order valence-corrected chi connectivity index (χ2v) is 5.76. The van der Waals surface area contributed by atoms with Gasteiger partial charge in [0.05, 0.1) is 23.3 Å². The molecule has 0 saturated heterocycles. The zero-order valence-electron chi connectivity index (χ0n) is 13.0. The standard InChI is InChI=1S/C17H12Cl2N2O4/c1-23-14-5-3-2-4-12(14)16-20-15(25-21-16)9-24-17(22)11-7-6-10(18)8-13(11)19/h2-8H,9H2,1H3. The van der Waals surface area contributed by atoms with E-state index in [1.54, 1.807) is 25.3 Å². The number of aromatic nitrogens is 2. The zero-order valence-corrected chi connectivity index (χ0v) is 14.5. The van der Waals surface area contributed by atoms with E-state index in [1.807, 2.05) is 12.1 Å². The van der Waals surface area contributed by atoms with Gasteiger partial charge >= 0.3 is 5.97 Å². The maximum Gasteiger partial charge on any atom is 0.340 e. The van der Waals surface area contributed by atoms with Gasteiger partial charge in [-0.25, -0.2) is 4.79 Å². The molecule has 0 aliphatic heterocycles. The first-order chi connectivity index (χ1) is 12.1. The molecule has 1 aromatic heterocycles. The molecule has 0 radical (unpaired) electrons. The monoisotopic (exact) mass is 378 g/mol. The second kappa shape index (κ2) is 7.55. The third-order valence-electron chi connectivity index (χ3n) is 3.29. The van der Waals surface area contributed by atoms with Gasteiger partial charge in [-0.05, 0) is 30.3 Å². The minimum absolute atomic E-state index is 0.152. The third-order valence-corrected chi connectivity index (χ3v) is 3.84. The predicted molar refractivity (Wildman–Crippen MR) is 91.9 cm³/mol. The lowest BCUT2D eigenvalue weighted by atomic mass is 10.2. The SMILES string of the molecule is COc1ccccc1-c1noc(COC(=O)c2ccc(Cl)cc2Cl)n1. The summed E-state index contributed by atoms with van der Waals surface area (Å²) in [4.78, 5) is 16.3. The average Bonchev–Trinajstić information content (AvgIpc) is 3.08. The van der Waals surface area contributed by atoms with Crippen LogP contribution in [0.4, 0.5) is 0 Å². The lowest BCUT2D eigenvalue weighted by Gasteiger charge is -2.04. The Morgan fingerprint density at radius 1 is 1.20 bits per heavy atom. The van der Waals surface area contributed by atoms with Crippen molar-refractivity contribution in [2.24, 2.45) is 0 Å². The van der Waals surface area contributed by atoms with E-state index in [4.69, 9.17) is 37.2 Å². The van der Waals surface area contributed by atoms with Crippen molar-refractivity contribution in [1.29, 1.82) is 0 Å². The zero-order chi connectivity index (χ0) is 17.8. The number of hydrogen-bond acceptors (Lipinski definition) is 6. The number of rotatable bonds is 5. The van der Waals surface area contributed by atoms with E-state index >= 15 is 0 Å². The number of benzene rings is 2. The van der Waals surface area contributed by atoms with Crippen LogP contribution < -0.4 is 4.74 Å². The van der Waals surface area contributed by atoms with Crippen molar-refractivity contribution in [3.05, 3.63) is 64.0 Å². The van der Waals surface area contributed by atoms with Crippen molar-refractivity contribution in [1.82, 2.24) is 10.1 Å². The fourth-order valence-electron chi connectivity index (χ4n) is 2.11. The first-order valence-electron chi connectivity index (χ1n) is 7.16. The highest BCUT2D eigenvalue weighted by Gasteiger charge is 2.16. The molecule has 6 nitrogen and oxygen atoms in total. The van der Waals surface area contributed by atoms with Crippen molar-refractivity contribution < 1.29 is 18.8 Å².